The number of benzene rings is 2. The first-order valence-electron chi connectivity index (χ1n) is 6.91. The summed E-state index contributed by atoms with van der Waals surface area (Å²) in [6.45, 7) is 3.82. The average Bonchev–Trinajstić information content (AvgIpc) is 2.51. The number of carbonyl (C=O) groups is 1. The zero-order chi connectivity index (χ0) is 17.9. The summed E-state index contributed by atoms with van der Waals surface area (Å²) in [6, 6.07) is 8.47. The van der Waals surface area contributed by atoms with E-state index in [0.29, 0.717) is 5.56 Å². The highest BCUT2D eigenvalue weighted by atomic mass is 32.1. The zero-order valence-corrected chi connectivity index (χ0v) is 13.7. The van der Waals surface area contributed by atoms with Gasteiger partial charge < -0.3 is 5.32 Å². The first kappa shape index (κ1) is 17.5. The van der Waals surface area contributed by atoms with E-state index in [1.807, 2.05) is 19.9 Å². The van der Waals surface area contributed by atoms with E-state index < -0.39 is 22.3 Å². The summed E-state index contributed by atoms with van der Waals surface area (Å²) < 4.78 is 13.3. The second-order valence-corrected chi connectivity index (χ2v) is 5.54. The number of hydrogen-bond acceptors (Lipinski definition) is 4. The number of nitrogens with zero attached hydrogens (tertiary/aromatic N) is 1. The molecule has 0 radical (unpaired) electrons. The van der Waals surface area contributed by atoms with Crippen LogP contribution in [-0.4, -0.2) is 15.9 Å². The van der Waals surface area contributed by atoms with E-state index in [0.717, 1.165) is 23.3 Å². The molecule has 1 amide bonds. The number of carbonyl (C=O) groups excluding carboxylic acids is 1. The minimum absolute atomic E-state index is 0.0425. The highest BCUT2D eigenvalue weighted by molar-refractivity contribution is 7.80. The summed E-state index contributed by atoms with van der Waals surface area (Å²) in [4.78, 5) is 22.0. The second kappa shape index (κ2) is 7.14. The Kier molecular flexibility index (Phi) is 5.20. The van der Waals surface area contributed by atoms with Gasteiger partial charge in [-0.2, -0.15) is 4.39 Å². The standard InChI is InChI=1S/C16H14FN3O3S/c1-9-3-4-11(7-10(9)2)15(21)19-16(24)18-12-5-6-13(17)14(8-12)20(22)23/h3-8H,1-2H3,(H2,18,19,21,24). The lowest BCUT2D eigenvalue weighted by Crippen LogP contribution is -2.34. The van der Waals surface area contributed by atoms with Crippen LogP contribution < -0.4 is 10.6 Å². The molecule has 0 fully saturated rings. The van der Waals surface area contributed by atoms with Crippen molar-refractivity contribution in [1.29, 1.82) is 0 Å². The number of rotatable bonds is 3. The van der Waals surface area contributed by atoms with Crippen molar-refractivity contribution in [2.75, 3.05) is 5.32 Å². The normalized spacial score (nSPS) is 10.1. The van der Waals surface area contributed by atoms with Crippen molar-refractivity contribution in [3.8, 4) is 0 Å². The Labute approximate surface area is 142 Å². The van der Waals surface area contributed by atoms with Crippen LogP contribution in [0.4, 0.5) is 15.8 Å². The largest absolute Gasteiger partial charge is 0.332 e. The Morgan fingerprint density at radius 3 is 2.50 bits per heavy atom. The number of amides is 1. The van der Waals surface area contributed by atoms with Gasteiger partial charge in [-0.1, -0.05) is 6.07 Å². The molecule has 0 heterocycles. The lowest BCUT2D eigenvalue weighted by atomic mass is 10.1. The third-order valence-corrected chi connectivity index (χ3v) is 3.60. The van der Waals surface area contributed by atoms with Gasteiger partial charge in [0.15, 0.2) is 5.11 Å². The fraction of sp³-hybridized carbons (Fsp3) is 0.125. The molecular weight excluding hydrogens is 333 g/mol. The number of hydrogen-bond donors (Lipinski definition) is 2. The Bertz CT molecular complexity index is 839. The maximum Gasteiger partial charge on any atom is 0.306 e. The maximum atomic E-state index is 13.3. The number of nitrogens with one attached hydrogen (secondary N) is 2. The third kappa shape index (κ3) is 4.11. The molecule has 2 N–H and O–H groups in total. The minimum atomic E-state index is -0.948. The van der Waals surface area contributed by atoms with Crippen molar-refractivity contribution in [1.82, 2.24) is 5.32 Å². The van der Waals surface area contributed by atoms with E-state index in [9.17, 15) is 19.3 Å². The number of halogens is 1. The zero-order valence-electron chi connectivity index (χ0n) is 12.9. The van der Waals surface area contributed by atoms with Crippen molar-refractivity contribution in [2.24, 2.45) is 0 Å². The molecule has 0 aliphatic carbocycles. The molecule has 0 aliphatic rings. The second-order valence-electron chi connectivity index (χ2n) is 5.13. The van der Waals surface area contributed by atoms with E-state index in [4.69, 9.17) is 12.2 Å². The van der Waals surface area contributed by atoms with Gasteiger partial charge >= 0.3 is 5.69 Å². The Morgan fingerprint density at radius 2 is 1.88 bits per heavy atom. The fourth-order valence-electron chi connectivity index (χ4n) is 1.95. The topological polar surface area (TPSA) is 84.3 Å². The Balaban J connectivity index is 2.07. The van der Waals surface area contributed by atoms with Crippen molar-refractivity contribution in [2.45, 2.75) is 13.8 Å². The van der Waals surface area contributed by atoms with E-state index in [1.165, 1.54) is 6.07 Å². The van der Waals surface area contributed by atoms with Gasteiger partial charge in [0, 0.05) is 17.3 Å². The molecule has 24 heavy (non-hydrogen) atoms. The van der Waals surface area contributed by atoms with Gasteiger partial charge in [0.2, 0.25) is 5.82 Å². The molecule has 2 rings (SSSR count). The van der Waals surface area contributed by atoms with Gasteiger partial charge in [0.05, 0.1) is 4.92 Å². The number of anilines is 1. The number of thiocarbonyl (C=S) groups is 1. The predicted octanol–water partition coefficient (Wildman–Crippen LogP) is 3.48. The summed E-state index contributed by atoms with van der Waals surface area (Å²) in [7, 11) is 0. The van der Waals surface area contributed by atoms with Gasteiger partial charge in [0.1, 0.15) is 0 Å². The van der Waals surface area contributed by atoms with Crippen molar-refractivity contribution >= 4 is 34.6 Å². The monoisotopic (exact) mass is 347 g/mol. The van der Waals surface area contributed by atoms with Gasteiger partial charge in [-0.3, -0.25) is 20.2 Å². The van der Waals surface area contributed by atoms with Gasteiger partial charge in [0.25, 0.3) is 5.91 Å². The quantitative estimate of drug-likeness (QED) is 0.504. The van der Waals surface area contributed by atoms with Crippen LogP contribution in [0.15, 0.2) is 36.4 Å². The van der Waals surface area contributed by atoms with Crippen LogP contribution in [0.1, 0.15) is 21.5 Å². The summed E-state index contributed by atoms with van der Waals surface area (Å²) in [5.74, 6) is -1.36. The van der Waals surface area contributed by atoms with Gasteiger partial charge in [-0.15, -0.1) is 0 Å². The Hall–Kier alpha value is -2.87. The highest BCUT2D eigenvalue weighted by Gasteiger charge is 2.15. The van der Waals surface area contributed by atoms with Crippen LogP contribution >= 0.6 is 12.2 Å². The van der Waals surface area contributed by atoms with Crippen LogP contribution in [0.3, 0.4) is 0 Å². The lowest BCUT2D eigenvalue weighted by Gasteiger charge is -2.10. The lowest BCUT2D eigenvalue weighted by molar-refractivity contribution is -0.387. The molecule has 0 unspecified atom stereocenters. The molecule has 0 saturated heterocycles. The van der Waals surface area contributed by atoms with Crippen LogP contribution in [0.5, 0.6) is 0 Å². The van der Waals surface area contributed by atoms with Gasteiger partial charge in [-0.25, -0.2) is 0 Å². The van der Waals surface area contributed by atoms with Gasteiger partial charge in [-0.05, 0) is 61.5 Å². The Morgan fingerprint density at radius 1 is 1.17 bits per heavy atom. The SMILES string of the molecule is Cc1ccc(C(=O)NC(=S)Nc2ccc(F)c([N+](=O)[O-])c2)cc1C. The molecule has 6 nitrogen and oxygen atoms in total. The van der Waals surface area contributed by atoms with Crippen molar-refractivity contribution in [3.05, 3.63) is 69.0 Å². The predicted molar refractivity (Wildman–Crippen MR) is 92.7 cm³/mol. The summed E-state index contributed by atoms with van der Waals surface area (Å²) in [5.41, 5.74) is 1.99. The van der Waals surface area contributed by atoms with Crippen molar-refractivity contribution < 1.29 is 14.1 Å². The molecule has 0 aliphatic heterocycles. The fourth-order valence-corrected chi connectivity index (χ4v) is 2.16. The van der Waals surface area contributed by atoms with Crippen LogP contribution in [0, 0.1) is 29.8 Å². The smallest absolute Gasteiger partial charge is 0.306 e. The molecule has 2 aromatic rings. The summed E-state index contributed by atoms with van der Waals surface area (Å²) in [5, 5.41) is 15.8. The van der Waals surface area contributed by atoms with Crippen LogP contribution in [-0.2, 0) is 0 Å². The first-order chi connectivity index (χ1) is 11.3. The molecule has 8 heteroatoms. The minimum Gasteiger partial charge on any atom is -0.332 e. The molecule has 2 aromatic carbocycles. The molecular formula is C16H14FN3O3S. The number of nitro groups is 1. The van der Waals surface area contributed by atoms with E-state index in [1.54, 1.807) is 12.1 Å². The third-order valence-electron chi connectivity index (χ3n) is 3.40. The summed E-state index contributed by atoms with van der Waals surface area (Å²) >= 11 is 5.01. The number of nitro benzene ring substituents is 1. The molecule has 0 aromatic heterocycles. The average molecular weight is 347 g/mol. The van der Waals surface area contributed by atoms with Crippen LogP contribution in [0.2, 0.25) is 0 Å². The molecule has 0 atom stereocenters. The van der Waals surface area contributed by atoms with E-state index in [2.05, 4.69) is 10.6 Å². The van der Waals surface area contributed by atoms with E-state index in [-0.39, 0.29) is 10.8 Å². The molecule has 0 bridgehead atoms. The molecule has 0 saturated carbocycles. The highest BCUT2D eigenvalue weighted by Crippen LogP contribution is 2.21. The van der Waals surface area contributed by atoms with Crippen molar-refractivity contribution in [3.63, 3.8) is 0 Å². The molecule has 124 valence electrons. The molecule has 0 spiro atoms. The van der Waals surface area contributed by atoms with E-state index >= 15 is 0 Å². The maximum absolute atomic E-state index is 13.3. The van der Waals surface area contributed by atoms with Crippen LogP contribution in [0.25, 0.3) is 0 Å². The number of aryl methyl sites for hydroxylation is 2. The first-order valence-corrected chi connectivity index (χ1v) is 7.32. The summed E-state index contributed by atoms with van der Waals surface area (Å²) in [6.07, 6.45) is 0.